The van der Waals surface area contributed by atoms with Gasteiger partial charge in [-0.25, -0.2) is 14.8 Å². The number of carbonyl (C=O) groups is 2. The maximum absolute atomic E-state index is 12.3. The van der Waals surface area contributed by atoms with Crippen LogP contribution in [0.15, 0.2) is 18.5 Å². The fourth-order valence-electron chi connectivity index (χ4n) is 3.39. The fraction of sp³-hybridized carbons (Fsp3) is 0.600. The molecule has 3 amide bonds. The van der Waals surface area contributed by atoms with Gasteiger partial charge < -0.3 is 19.5 Å². The molecule has 10 heteroatoms. The summed E-state index contributed by atoms with van der Waals surface area (Å²) in [4.78, 5) is 34.6. The number of ether oxygens (including phenoxy) is 1. The number of nitrogens with zero attached hydrogens (tertiary/aromatic N) is 4. The van der Waals surface area contributed by atoms with Crippen LogP contribution < -0.4 is 10.6 Å². The van der Waals surface area contributed by atoms with Crippen LogP contribution in [0.4, 0.5) is 10.6 Å². The van der Waals surface area contributed by atoms with Crippen molar-refractivity contribution in [3.05, 3.63) is 18.5 Å². The smallest absolute Gasteiger partial charge is 0.320 e. The Labute approximate surface area is 178 Å². The van der Waals surface area contributed by atoms with Gasteiger partial charge in [-0.1, -0.05) is 19.6 Å². The van der Waals surface area contributed by atoms with Crippen molar-refractivity contribution in [3.63, 3.8) is 0 Å². The summed E-state index contributed by atoms with van der Waals surface area (Å²) in [5.41, 5.74) is 1.42. The molecule has 0 aromatic carbocycles. The second kappa shape index (κ2) is 9.56. The summed E-state index contributed by atoms with van der Waals surface area (Å²) in [6.07, 6.45) is 5.16. The first-order chi connectivity index (χ1) is 14.2. The Hall–Kier alpha value is -2.46. The summed E-state index contributed by atoms with van der Waals surface area (Å²) < 4.78 is 7.70. The standard InChI is InChI=1S/C20H32N6O3Si/c1-15(27)25-8-5-6-16(13-25)22-20(28)24-18-12-21-19-17(23-18)7-9-26(19)14-29-10-11-30(2,3)4/h7,9,12,16H,5-6,8,10-11,13-14H2,1-4H3,(H2,22,23,24,28)/t16-/m0/s1. The Morgan fingerprint density at radius 3 is 2.87 bits per heavy atom. The van der Waals surface area contributed by atoms with E-state index in [2.05, 4.69) is 40.2 Å². The number of fused-ring (bicyclic) bond motifs is 1. The van der Waals surface area contributed by atoms with Crippen molar-refractivity contribution in [2.24, 2.45) is 0 Å². The maximum Gasteiger partial charge on any atom is 0.320 e. The molecule has 1 aliphatic heterocycles. The zero-order valence-corrected chi connectivity index (χ0v) is 19.3. The number of anilines is 1. The second-order valence-corrected chi connectivity index (χ2v) is 14.6. The van der Waals surface area contributed by atoms with Crippen molar-refractivity contribution < 1.29 is 14.3 Å². The van der Waals surface area contributed by atoms with Crippen LogP contribution >= 0.6 is 0 Å². The van der Waals surface area contributed by atoms with Crippen LogP contribution in [0.2, 0.25) is 25.7 Å². The first-order valence-electron chi connectivity index (χ1n) is 10.4. The number of amides is 3. The van der Waals surface area contributed by atoms with E-state index >= 15 is 0 Å². The second-order valence-electron chi connectivity index (χ2n) is 9.00. The molecule has 0 spiro atoms. The molecule has 3 heterocycles. The molecule has 1 atom stereocenters. The van der Waals surface area contributed by atoms with Gasteiger partial charge in [-0.3, -0.25) is 10.1 Å². The predicted molar refractivity (Wildman–Crippen MR) is 119 cm³/mol. The van der Waals surface area contributed by atoms with E-state index in [1.807, 2.05) is 16.8 Å². The summed E-state index contributed by atoms with van der Waals surface area (Å²) in [5.74, 6) is 0.420. The third-order valence-corrected chi connectivity index (χ3v) is 6.84. The zero-order chi connectivity index (χ0) is 21.7. The van der Waals surface area contributed by atoms with Gasteiger partial charge in [0.1, 0.15) is 12.2 Å². The predicted octanol–water partition coefficient (Wildman–Crippen LogP) is 2.88. The van der Waals surface area contributed by atoms with Crippen molar-refractivity contribution in [2.75, 3.05) is 25.0 Å². The molecule has 3 rings (SSSR count). The average Bonchev–Trinajstić information content (AvgIpc) is 3.07. The van der Waals surface area contributed by atoms with Crippen LogP contribution in [-0.2, 0) is 16.3 Å². The van der Waals surface area contributed by atoms with Crippen LogP contribution in [0, 0.1) is 0 Å². The molecule has 0 saturated carbocycles. The Morgan fingerprint density at radius 1 is 1.33 bits per heavy atom. The van der Waals surface area contributed by atoms with Gasteiger partial charge in [-0.15, -0.1) is 0 Å². The van der Waals surface area contributed by atoms with Crippen molar-refractivity contribution in [1.29, 1.82) is 0 Å². The van der Waals surface area contributed by atoms with E-state index in [1.165, 1.54) is 0 Å². The number of rotatable bonds is 7. The van der Waals surface area contributed by atoms with Crippen LogP contribution in [-0.4, -0.2) is 65.2 Å². The number of hydrogen-bond donors (Lipinski definition) is 2. The average molecular weight is 433 g/mol. The molecule has 0 aliphatic carbocycles. The van der Waals surface area contributed by atoms with Crippen molar-refractivity contribution in [2.45, 2.75) is 58.2 Å². The first kappa shape index (κ1) is 22.2. The van der Waals surface area contributed by atoms with Crippen LogP contribution in [0.5, 0.6) is 0 Å². The molecule has 9 nitrogen and oxygen atoms in total. The van der Waals surface area contributed by atoms with E-state index in [0.717, 1.165) is 37.7 Å². The van der Waals surface area contributed by atoms with Crippen molar-refractivity contribution in [3.8, 4) is 0 Å². The Morgan fingerprint density at radius 2 is 2.13 bits per heavy atom. The van der Waals surface area contributed by atoms with Gasteiger partial charge in [0.15, 0.2) is 11.5 Å². The van der Waals surface area contributed by atoms with E-state index < -0.39 is 8.07 Å². The minimum Gasteiger partial charge on any atom is -0.361 e. The number of piperidine rings is 1. The van der Waals surface area contributed by atoms with Gasteiger partial charge in [0, 0.05) is 46.9 Å². The Balaban J connectivity index is 1.53. The highest BCUT2D eigenvalue weighted by Gasteiger charge is 2.23. The highest BCUT2D eigenvalue weighted by atomic mass is 28.3. The molecule has 2 aromatic heterocycles. The number of urea groups is 1. The van der Waals surface area contributed by atoms with E-state index in [0.29, 0.717) is 24.6 Å². The minimum atomic E-state index is -1.11. The number of carbonyl (C=O) groups excluding carboxylic acids is 2. The lowest BCUT2D eigenvalue weighted by Gasteiger charge is -2.32. The molecular formula is C20H32N6O3Si. The summed E-state index contributed by atoms with van der Waals surface area (Å²) in [6.45, 7) is 11.0. The highest BCUT2D eigenvalue weighted by molar-refractivity contribution is 6.76. The number of aromatic nitrogens is 3. The topological polar surface area (TPSA) is 101 Å². The molecule has 1 saturated heterocycles. The molecule has 0 unspecified atom stereocenters. The van der Waals surface area contributed by atoms with Gasteiger partial charge in [-0.2, -0.15) is 0 Å². The molecule has 1 aliphatic rings. The molecule has 2 N–H and O–H groups in total. The quantitative estimate of drug-likeness (QED) is 0.517. The normalized spacial score (nSPS) is 17.2. The largest absolute Gasteiger partial charge is 0.361 e. The van der Waals surface area contributed by atoms with Crippen LogP contribution in [0.1, 0.15) is 19.8 Å². The van der Waals surface area contributed by atoms with Gasteiger partial charge >= 0.3 is 6.03 Å². The summed E-state index contributed by atoms with van der Waals surface area (Å²) in [7, 11) is -1.11. The first-order valence-corrected chi connectivity index (χ1v) is 14.1. The van der Waals surface area contributed by atoms with E-state index in [4.69, 9.17) is 4.74 Å². The molecule has 0 bridgehead atoms. The summed E-state index contributed by atoms with van der Waals surface area (Å²) in [5, 5.41) is 5.66. The summed E-state index contributed by atoms with van der Waals surface area (Å²) >= 11 is 0. The Bertz CT molecular complexity index is 894. The zero-order valence-electron chi connectivity index (χ0n) is 18.3. The molecule has 1 fully saturated rings. The van der Waals surface area contributed by atoms with Gasteiger partial charge in [0.25, 0.3) is 0 Å². The lowest BCUT2D eigenvalue weighted by Crippen LogP contribution is -2.50. The van der Waals surface area contributed by atoms with Gasteiger partial charge in [-0.05, 0) is 25.0 Å². The third-order valence-electron chi connectivity index (χ3n) is 5.13. The van der Waals surface area contributed by atoms with Crippen molar-refractivity contribution in [1.82, 2.24) is 24.8 Å². The lowest BCUT2D eigenvalue weighted by atomic mass is 10.1. The lowest BCUT2D eigenvalue weighted by molar-refractivity contribution is -0.130. The number of nitrogens with one attached hydrogen (secondary N) is 2. The van der Waals surface area contributed by atoms with Gasteiger partial charge in [0.05, 0.1) is 6.20 Å². The van der Waals surface area contributed by atoms with E-state index in [-0.39, 0.29) is 18.0 Å². The molecule has 0 radical (unpaired) electrons. The highest BCUT2D eigenvalue weighted by Crippen LogP contribution is 2.15. The number of hydrogen-bond acceptors (Lipinski definition) is 5. The molecule has 164 valence electrons. The maximum atomic E-state index is 12.3. The van der Waals surface area contributed by atoms with E-state index in [1.54, 1.807) is 18.0 Å². The van der Waals surface area contributed by atoms with Crippen LogP contribution in [0.25, 0.3) is 11.2 Å². The third kappa shape index (κ3) is 6.27. The van der Waals surface area contributed by atoms with Gasteiger partial charge in [0.2, 0.25) is 5.91 Å². The fourth-order valence-corrected chi connectivity index (χ4v) is 4.14. The summed E-state index contributed by atoms with van der Waals surface area (Å²) in [6, 6.07) is 2.58. The van der Waals surface area contributed by atoms with Crippen LogP contribution in [0.3, 0.4) is 0 Å². The Kier molecular flexibility index (Phi) is 7.09. The number of likely N-dealkylation sites (tertiary alicyclic amines) is 1. The van der Waals surface area contributed by atoms with Crippen molar-refractivity contribution >= 4 is 37.0 Å². The molecular weight excluding hydrogens is 400 g/mol. The SMILES string of the molecule is CC(=O)N1CCC[C@H](NC(=O)Nc2cnc3c(ccn3COCC[Si](C)(C)C)n2)C1. The molecule has 30 heavy (non-hydrogen) atoms. The molecule has 2 aromatic rings. The van der Waals surface area contributed by atoms with E-state index in [9.17, 15) is 9.59 Å². The monoisotopic (exact) mass is 432 g/mol. The minimum absolute atomic E-state index is 0.0344.